The van der Waals surface area contributed by atoms with Crippen LogP contribution in [0.5, 0.6) is 11.5 Å². The van der Waals surface area contributed by atoms with Gasteiger partial charge in [0.05, 0.1) is 20.3 Å². The zero-order valence-electron chi connectivity index (χ0n) is 16.1. The Kier molecular flexibility index (Phi) is 6.07. The minimum atomic E-state index is -0.455. The van der Waals surface area contributed by atoms with Crippen molar-refractivity contribution in [2.24, 2.45) is 0 Å². The number of benzene rings is 1. The van der Waals surface area contributed by atoms with Crippen molar-refractivity contribution in [3.8, 4) is 11.5 Å². The van der Waals surface area contributed by atoms with E-state index in [4.69, 9.17) is 9.47 Å². The summed E-state index contributed by atoms with van der Waals surface area (Å²) < 4.78 is 10.5. The number of nitrogens with one attached hydrogen (secondary N) is 1. The average molecular weight is 390 g/mol. The predicted octanol–water partition coefficient (Wildman–Crippen LogP) is 4.06. The van der Waals surface area contributed by atoms with Crippen LogP contribution in [0.3, 0.4) is 0 Å². The third-order valence-electron chi connectivity index (χ3n) is 5.35. The fraction of sp³-hybridized carbons (Fsp3) is 0.476. The Balaban J connectivity index is 1.75. The van der Waals surface area contributed by atoms with Gasteiger partial charge in [-0.25, -0.2) is 0 Å². The first-order valence-corrected chi connectivity index (χ1v) is 10.1. The number of hydrogen-bond acceptors (Lipinski definition) is 5. The molecule has 2 N–H and O–H groups in total. The van der Waals surface area contributed by atoms with Gasteiger partial charge in [-0.05, 0) is 50.1 Å². The molecule has 1 amide bonds. The van der Waals surface area contributed by atoms with Gasteiger partial charge in [0.2, 0.25) is 0 Å². The van der Waals surface area contributed by atoms with Crippen molar-refractivity contribution in [3.05, 3.63) is 45.6 Å². The van der Waals surface area contributed by atoms with E-state index in [1.165, 1.54) is 4.88 Å². The largest absolute Gasteiger partial charge is 0.493 e. The van der Waals surface area contributed by atoms with E-state index in [1.807, 2.05) is 6.07 Å². The van der Waals surface area contributed by atoms with Crippen molar-refractivity contribution in [2.75, 3.05) is 20.8 Å². The molecule has 1 aromatic carbocycles. The topological polar surface area (TPSA) is 67.8 Å². The lowest BCUT2D eigenvalue weighted by molar-refractivity contribution is 0.0943. The summed E-state index contributed by atoms with van der Waals surface area (Å²) in [6, 6.07) is 9.30. The standard InChI is InChI=1S/C21H27NO4S/c1-14(23)18-8-9-19(27-18)21(10-4-5-11-21)13-22-20(24)15-6-7-16(25-2)17(12-15)26-3/h6-9,12,14,23H,4-5,10-11,13H2,1-3H3,(H,22,24). The van der Waals surface area contributed by atoms with Gasteiger partial charge in [-0.3, -0.25) is 4.79 Å². The molecule has 2 aromatic rings. The van der Waals surface area contributed by atoms with E-state index in [2.05, 4.69) is 11.4 Å². The minimum Gasteiger partial charge on any atom is -0.493 e. The van der Waals surface area contributed by atoms with Crippen LogP contribution in [-0.4, -0.2) is 31.8 Å². The van der Waals surface area contributed by atoms with Crippen molar-refractivity contribution in [3.63, 3.8) is 0 Å². The molecule has 1 atom stereocenters. The summed E-state index contributed by atoms with van der Waals surface area (Å²) in [7, 11) is 3.13. The van der Waals surface area contributed by atoms with Gasteiger partial charge in [0, 0.05) is 27.3 Å². The molecule has 1 fully saturated rings. The van der Waals surface area contributed by atoms with Crippen molar-refractivity contribution in [2.45, 2.75) is 44.1 Å². The number of methoxy groups -OCH3 is 2. The number of aliphatic hydroxyl groups excluding tert-OH is 1. The maximum absolute atomic E-state index is 12.7. The molecule has 1 aliphatic carbocycles. The summed E-state index contributed by atoms with van der Waals surface area (Å²) in [6.45, 7) is 2.38. The quantitative estimate of drug-likeness (QED) is 0.749. The van der Waals surface area contributed by atoms with Crippen LogP contribution in [-0.2, 0) is 5.41 Å². The van der Waals surface area contributed by atoms with Gasteiger partial charge in [0.15, 0.2) is 11.5 Å². The molecule has 3 rings (SSSR count). The van der Waals surface area contributed by atoms with E-state index in [1.54, 1.807) is 50.7 Å². The third kappa shape index (κ3) is 4.12. The molecule has 1 aliphatic rings. The van der Waals surface area contributed by atoms with Crippen LogP contribution < -0.4 is 14.8 Å². The van der Waals surface area contributed by atoms with E-state index >= 15 is 0 Å². The van der Waals surface area contributed by atoms with E-state index in [0.717, 1.165) is 30.6 Å². The lowest BCUT2D eigenvalue weighted by Crippen LogP contribution is -2.38. The van der Waals surface area contributed by atoms with E-state index in [0.29, 0.717) is 23.6 Å². The van der Waals surface area contributed by atoms with Gasteiger partial charge in [-0.2, -0.15) is 0 Å². The molecule has 6 heteroatoms. The fourth-order valence-corrected chi connectivity index (χ4v) is 4.94. The molecule has 1 aromatic heterocycles. The van der Waals surface area contributed by atoms with Crippen LogP contribution >= 0.6 is 11.3 Å². The van der Waals surface area contributed by atoms with Gasteiger partial charge >= 0.3 is 0 Å². The van der Waals surface area contributed by atoms with Crippen molar-refractivity contribution < 1.29 is 19.4 Å². The lowest BCUT2D eigenvalue weighted by Gasteiger charge is -2.28. The maximum Gasteiger partial charge on any atom is 0.251 e. The number of carbonyl (C=O) groups excluding carboxylic acids is 1. The first-order valence-electron chi connectivity index (χ1n) is 9.27. The Bertz CT molecular complexity index is 793. The summed E-state index contributed by atoms with van der Waals surface area (Å²) in [5, 5.41) is 13.0. The van der Waals surface area contributed by atoms with E-state index < -0.39 is 6.10 Å². The fourth-order valence-electron chi connectivity index (χ4n) is 3.75. The van der Waals surface area contributed by atoms with Crippen LogP contribution in [0.15, 0.2) is 30.3 Å². The molecule has 0 spiro atoms. The van der Waals surface area contributed by atoms with Gasteiger partial charge in [-0.15, -0.1) is 11.3 Å². The van der Waals surface area contributed by atoms with E-state index in [9.17, 15) is 9.90 Å². The highest BCUT2D eigenvalue weighted by Gasteiger charge is 2.37. The Labute approximate surface area is 164 Å². The normalized spacial score (nSPS) is 16.7. The smallest absolute Gasteiger partial charge is 0.251 e. The molecule has 27 heavy (non-hydrogen) atoms. The minimum absolute atomic E-state index is 0.0377. The summed E-state index contributed by atoms with van der Waals surface area (Å²) >= 11 is 1.66. The molecule has 146 valence electrons. The van der Waals surface area contributed by atoms with E-state index in [-0.39, 0.29) is 11.3 Å². The number of hydrogen-bond donors (Lipinski definition) is 2. The molecule has 0 saturated heterocycles. The highest BCUT2D eigenvalue weighted by Crippen LogP contribution is 2.44. The number of aliphatic hydroxyl groups is 1. The first-order chi connectivity index (χ1) is 13.0. The summed E-state index contributed by atoms with van der Waals surface area (Å²) in [5.41, 5.74) is 0.515. The molecule has 1 heterocycles. The Morgan fingerprint density at radius 1 is 1.19 bits per heavy atom. The van der Waals surface area contributed by atoms with Gasteiger partial charge in [0.1, 0.15) is 0 Å². The second-order valence-electron chi connectivity index (χ2n) is 7.12. The molecular weight excluding hydrogens is 362 g/mol. The molecule has 1 saturated carbocycles. The summed E-state index contributed by atoms with van der Waals surface area (Å²) in [6.07, 6.45) is 3.98. The van der Waals surface area contributed by atoms with Gasteiger partial charge in [-0.1, -0.05) is 12.8 Å². The number of rotatable bonds is 7. The molecule has 0 bridgehead atoms. The highest BCUT2D eigenvalue weighted by atomic mass is 32.1. The molecular formula is C21H27NO4S. The van der Waals surface area contributed by atoms with Crippen LogP contribution in [0, 0.1) is 0 Å². The van der Waals surface area contributed by atoms with Gasteiger partial charge in [0.25, 0.3) is 5.91 Å². The lowest BCUT2D eigenvalue weighted by atomic mass is 9.84. The summed E-state index contributed by atoms with van der Waals surface area (Å²) in [5.74, 6) is 1.03. The SMILES string of the molecule is COc1ccc(C(=O)NCC2(c3ccc(C(C)O)s3)CCCC2)cc1OC. The van der Waals surface area contributed by atoms with Crippen LogP contribution in [0.2, 0.25) is 0 Å². The number of amides is 1. The Morgan fingerprint density at radius 2 is 1.89 bits per heavy atom. The van der Waals surface area contributed by atoms with Crippen molar-refractivity contribution >= 4 is 17.2 Å². The average Bonchev–Trinajstić information content (AvgIpc) is 3.35. The second kappa shape index (κ2) is 8.31. The predicted molar refractivity (Wildman–Crippen MR) is 107 cm³/mol. The molecule has 0 aliphatic heterocycles. The maximum atomic E-state index is 12.7. The molecule has 1 unspecified atom stereocenters. The number of thiophene rings is 1. The third-order valence-corrected chi connectivity index (χ3v) is 6.86. The Hall–Kier alpha value is -2.05. The van der Waals surface area contributed by atoms with Crippen molar-refractivity contribution in [1.82, 2.24) is 5.32 Å². The van der Waals surface area contributed by atoms with Gasteiger partial charge < -0.3 is 19.9 Å². The number of ether oxygens (including phenoxy) is 2. The first kappa shape index (κ1) is 19.7. The van der Waals surface area contributed by atoms with Crippen LogP contribution in [0.25, 0.3) is 0 Å². The van der Waals surface area contributed by atoms with Crippen molar-refractivity contribution in [1.29, 1.82) is 0 Å². The molecule has 5 nitrogen and oxygen atoms in total. The summed E-state index contributed by atoms with van der Waals surface area (Å²) in [4.78, 5) is 14.9. The number of carbonyl (C=O) groups is 1. The Morgan fingerprint density at radius 3 is 2.48 bits per heavy atom. The second-order valence-corrected chi connectivity index (χ2v) is 8.23. The monoisotopic (exact) mass is 389 g/mol. The van der Waals surface area contributed by atoms with Crippen LogP contribution in [0.4, 0.5) is 0 Å². The van der Waals surface area contributed by atoms with Crippen LogP contribution in [0.1, 0.15) is 58.8 Å². The zero-order valence-corrected chi connectivity index (χ0v) is 16.9. The highest BCUT2D eigenvalue weighted by molar-refractivity contribution is 7.12. The molecule has 0 radical (unpaired) electrons. The zero-order chi connectivity index (χ0) is 19.4.